The van der Waals surface area contributed by atoms with Gasteiger partial charge in [-0.1, -0.05) is 0 Å². The second-order valence-electron chi connectivity index (χ2n) is 2.84. The zero-order valence-corrected chi connectivity index (χ0v) is 8.11. The molecule has 3 heteroatoms. The second-order valence-corrected chi connectivity index (χ2v) is 3.63. The van der Waals surface area contributed by atoms with Gasteiger partial charge >= 0.3 is 0 Å². The van der Waals surface area contributed by atoms with E-state index in [1.165, 1.54) is 0 Å². The molecule has 1 unspecified atom stereocenters. The fraction of sp³-hybridized carbons (Fsp3) is 0.444. The molecule has 2 heterocycles. The topological polar surface area (TPSA) is 24.9 Å². The predicted molar refractivity (Wildman–Crippen MR) is 51.9 cm³/mol. The Labute approximate surface area is 84.7 Å². The van der Waals surface area contributed by atoms with Crippen LogP contribution in [0.25, 0.3) is 0 Å². The van der Waals surface area contributed by atoms with Gasteiger partial charge in [0.1, 0.15) is 0 Å². The van der Waals surface area contributed by atoms with E-state index in [1.807, 2.05) is 0 Å². The maximum Gasteiger partial charge on any atom is 0.0852 e. The lowest BCUT2D eigenvalue weighted by Crippen LogP contribution is -2.12. The number of nitrogens with zero attached hydrogens (tertiary/aromatic N) is 1. The SMILES string of the molecule is [2H]c1nc([2H])c(C2CCCN2)c([2H])c1Br. The lowest BCUT2D eigenvalue weighted by atomic mass is 10.1. The molecule has 64 valence electrons. The van der Waals surface area contributed by atoms with E-state index >= 15 is 0 Å². The highest BCUT2D eigenvalue weighted by molar-refractivity contribution is 9.10. The van der Waals surface area contributed by atoms with Crippen LogP contribution in [0.15, 0.2) is 22.9 Å². The lowest BCUT2D eigenvalue weighted by Gasteiger charge is -2.09. The van der Waals surface area contributed by atoms with Crippen molar-refractivity contribution < 1.29 is 4.11 Å². The van der Waals surface area contributed by atoms with Crippen LogP contribution in [-0.2, 0) is 0 Å². The van der Waals surface area contributed by atoms with E-state index in [1.54, 1.807) is 0 Å². The normalized spacial score (nSPS) is 26.4. The summed E-state index contributed by atoms with van der Waals surface area (Å²) in [5.74, 6) is 0. The first-order valence-corrected chi connectivity index (χ1v) is 4.77. The molecule has 2 nitrogen and oxygen atoms in total. The number of aromatic nitrogens is 1. The number of halogens is 1. The Morgan fingerprint density at radius 1 is 1.67 bits per heavy atom. The fourth-order valence-electron chi connectivity index (χ4n) is 1.41. The summed E-state index contributed by atoms with van der Waals surface area (Å²) in [7, 11) is 0. The molecule has 1 saturated heterocycles. The van der Waals surface area contributed by atoms with Gasteiger partial charge in [0.15, 0.2) is 0 Å². The molecule has 2 rings (SSSR count). The molecule has 1 aliphatic rings. The van der Waals surface area contributed by atoms with Crippen LogP contribution in [0, 0.1) is 0 Å². The van der Waals surface area contributed by atoms with Gasteiger partial charge in [0, 0.05) is 22.9 Å². The Bertz CT molecular complexity index is 391. The van der Waals surface area contributed by atoms with Crippen LogP contribution in [0.5, 0.6) is 0 Å². The van der Waals surface area contributed by atoms with Crippen molar-refractivity contribution in [2.45, 2.75) is 18.9 Å². The molecular formula is C9H11BrN2. The highest BCUT2D eigenvalue weighted by Gasteiger charge is 2.15. The molecule has 0 amide bonds. The molecule has 1 aromatic heterocycles. The zero-order chi connectivity index (χ0) is 11.0. The smallest absolute Gasteiger partial charge is 0.0852 e. The van der Waals surface area contributed by atoms with Crippen LogP contribution in [0.2, 0.25) is 0 Å². The van der Waals surface area contributed by atoms with E-state index in [2.05, 4.69) is 26.2 Å². The number of nitrogens with one attached hydrogen (secondary N) is 1. The Morgan fingerprint density at radius 2 is 2.58 bits per heavy atom. The first-order valence-electron chi connectivity index (χ1n) is 5.48. The summed E-state index contributed by atoms with van der Waals surface area (Å²) in [4.78, 5) is 3.80. The van der Waals surface area contributed by atoms with Gasteiger partial charge in [0.25, 0.3) is 0 Å². The summed E-state index contributed by atoms with van der Waals surface area (Å²) in [6.07, 6.45) is 2.01. The van der Waals surface area contributed by atoms with Crippen LogP contribution in [-0.4, -0.2) is 11.5 Å². The Morgan fingerprint density at radius 3 is 3.33 bits per heavy atom. The average molecular weight is 230 g/mol. The van der Waals surface area contributed by atoms with Crippen LogP contribution >= 0.6 is 15.9 Å². The van der Waals surface area contributed by atoms with E-state index in [-0.39, 0.29) is 24.4 Å². The molecule has 1 atom stereocenters. The van der Waals surface area contributed by atoms with Gasteiger partial charge in [-0.3, -0.25) is 4.98 Å². The van der Waals surface area contributed by atoms with Crippen LogP contribution < -0.4 is 5.32 Å². The Kier molecular flexibility index (Phi) is 1.58. The van der Waals surface area contributed by atoms with Gasteiger partial charge in [-0.15, -0.1) is 0 Å². The quantitative estimate of drug-likeness (QED) is 0.800. The molecule has 0 aromatic carbocycles. The molecule has 1 aliphatic heterocycles. The molecule has 0 spiro atoms. The summed E-state index contributed by atoms with van der Waals surface area (Å²) >= 11 is 3.16. The van der Waals surface area contributed by atoms with E-state index in [4.69, 9.17) is 4.11 Å². The minimum absolute atomic E-state index is 0.0354. The van der Waals surface area contributed by atoms with E-state index in [9.17, 15) is 0 Å². The summed E-state index contributed by atoms with van der Waals surface area (Å²) in [6.45, 7) is 0.920. The minimum atomic E-state index is -0.0354. The lowest BCUT2D eigenvalue weighted by molar-refractivity contribution is 0.644. The van der Waals surface area contributed by atoms with Crippen molar-refractivity contribution >= 4 is 15.9 Å². The molecule has 1 N–H and O–H groups in total. The Balaban J connectivity index is 2.50. The van der Waals surface area contributed by atoms with Crippen molar-refractivity contribution in [3.8, 4) is 0 Å². The molecule has 0 aliphatic carbocycles. The Hall–Kier alpha value is -0.410. The molecule has 12 heavy (non-hydrogen) atoms. The molecule has 0 bridgehead atoms. The number of hydrogen-bond donors (Lipinski definition) is 1. The first-order chi connectivity index (χ1) is 7.11. The van der Waals surface area contributed by atoms with Crippen molar-refractivity contribution in [2.24, 2.45) is 0 Å². The molecule has 0 saturated carbocycles. The first kappa shape index (κ1) is 5.35. The van der Waals surface area contributed by atoms with Gasteiger partial charge in [-0.05, 0) is 46.9 Å². The predicted octanol–water partition coefficient (Wildman–Crippen LogP) is 2.27. The number of rotatable bonds is 1. The van der Waals surface area contributed by atoms with Crippen molar-refractivity contribution in [3.63, 3.8) is 0 Å². The highest BCUT2D eigenvalue weighted by Crippen LogP contribution is 2.23. The highest BCUT2D eigenvalue weighted by atomic mass is 79.9. The largest absolute Gasteiger partial charge is 0.310 e. The standard InChI is InChI=1S/C9H11BrN2/c10-8-4-7(5-11-6-8)9-2-1-3-12-9/h4-6,9,12H,1-3H2/i4D,5D,6D. The molecule has 1 fully saturated rings. The maximum atomic E-state index is 7.87. The number of pyridine rings is 1. The third-order valence-corrected chi connectivity index (χ3v) is 2.36. The molecular weight excluding hydrogens is 216 g/mol. The summed E-state index contributed by atoms with van der Waals surface area (Å²) in [5.41, 5.74) is 0.607. The number of hydrogen-bond acceptors (Lipinski definition) is 2. The molecule has 1 aromatic rings. The van der Waals surface area contributed by atoms with Gasteiger partial charge in [0.05, 0.1) is 4.11 Å². The third kappa shape index (κ3) is 1.67. The minimum Gasteiger partial charge on any atom is -0.310 e. The monoisotopic (exact) mass is 229 g/mol. The van der Waals surface area contributed by atoms with Crippen molar-refractivity contribution in [1.82, 2.24) is 10.3 Å². The van der Waals surface area contributed by atoms with Crippen LogP contribution in [0.4, 0.5) is 0 Å². The van der Waals surface area contributed by atoms with E-state index in [0.717, 1.165) is 19.4 Å². The van der Waals surface area contributed by atoms with Crippen molar-refractivity contribution in [1.29, 1.82) is 0 Å². The van der Waals surface area contributed by atoms with Crippen LogP contribution in [0.1, 0.15) is 28.6 Å². The van der Waals surface area contributed by atoms with E-state index in [0.29, 0.717) is 10.0 Å². The van der Waals surface area contributed by atoms with Gasteiger partial charge in [0.2, 0.25) is 0 Å². The van der Waals surface area contributed by atoms with Gasteiger partial charge < -0.3 is 5.32 Å². The fourth-order valence-corrected chi connectivity index (χ4v) is 1.71. The summed E-state index contributed by atoms with van der Waals surface area (Å²) < 4.78 is 23.4. The van der Waals surface area contributed by atoms with Gasteiger partial charge in [-0.2, -0.15) is 0 Å². The van der Waals surface area contributed by atoms with Crippen molar-refractivity contribution in [3.05, 3.63) is 28.4 Å². The van der Waals surface area contributed by atoms with Crippen LogP contribution in [0.3, 0.4) is 0 Å². The molecule has 0 radical (unpaired) electrons. The average Bonchev–Trinajstić information content (AvgIpc) is 2.68. The maximum absolute atomic E-state index is 7.87. The second kappa shape index (κ2) is 3.54. The summed E-state index contributed by atoms with van der Waals surface area (Å²) in [6, 6.07) is 0.272. The van der Waals surface area contributed by atoms with E-state index < -0.39 is 0 Å². The summed E-state index contributed by atoms with van der Waals surface area (Å²) in [5, 5.41) is 3.24. The third-order valence-electron chi connectivity index (χ3n) is 1.98. The zero-order valence-electron chi connectivity index (χ0n) is 9.52. The van der Waals surface area contributed by atoms with Crippen molar-refractivity contribution in [2.75, 3.05) is 6.54 Å². The van der Waals surface area contributed by atoms with Gasteiger partial charge in [-0.25, -0.2) is 0 Å².